The van der Waals surface area contributed by atoms with Crippen molar-refractivity contribution in [3.8, 4) is 0 Å². The smallest absolute Gasteiger partial charge is 0.217 e. The summed E-state index contributed by atoms with van der Waals surface area (Å²) in [5.41, 5.74) is 2.38. The first-order valence-electron chi connectivity index (χ1n) is 6.55. The SMILES string of the molecule is CC(=O)N[C@H](C)c1ccc(CCCCCF)cc1. The molecule has 2 nitrogen and oxygen atoms in total. The highest BCUT2D eigenvalue weighted by Crippen LogP contribution is 2.14. The molecule has 1 rings (SSSR count). The Morgan fingerprint density at radius 1 is 1.22 bits per heavy atom. The van der Waals surface area contributed by atoms with E-state index in [1.807, 2.05) is 19.1 Å². The van der Waals surface area contributed by atoms with Crippen LogP contribution in [-0.4, -0.2) is 12.6 Å². The van der Waals surface area contributed by atoms with E-state index in [0.29, 0.717) is 6.42 Å². The van der Waals surface area contributed by atoms with Crippen LogP contribution < -0.4 is 5.32 Å². The maximum atomic E-state index is 11.9. The molecule has 1 aromatic carbocycles. The lowest BCUT2D eigenvalue weighted by Crippen LogP contribution is -2.23. The van der Waals surface area contributed by atoms with Gasteiger partial charge in [0.05, 0.1) is 12.7 Å². The van der Waals surface area contributed by atoms with E-state index in [-0.39, 0.29) is 18.6 Å². The van der Waals surface area contributed by atoms with Gasteiger partial charge in [-0.2, -0.15) is 0 Å². The minimum atomic E-state index is -0.215. The number of alkyl halides is 1. The topological polar surface area (TPSA) is 29.1 Å². The lowest BCUT2D eigenvalue weighted by atomic mass is 10.0. The summed E-state index contributed by atoms with van der Waals surface area (Å²) in [6.07, 6.45) is 3.64. The van der Waals surface area contributed by atoms with Crippen LogP contribution in [0.5, 0.6) is 0 Å². The van der Waals surface area contributed by atoms with Crippen LogP contribution in [0.15, 0.2) is 24.3 Å². The van der Waals surface area contributed by atoms with E-state index >= 15 is 0 Å². The van der Waals surface area contributed by atoms with Crippen LogP contribution in [0, 0.1) is 0 Å². The molecule has 1 N–H and O–H groups in total. The summed E-state index contributed by atoms with van der Waals surface area (Å²) in [5, 5.41) is 2.86. The first kappa shape index (κ1) is 14.7. The van der Waals surface area contributed by atoms with Crippen LogP contribution >= 0.6 is 0 Å². The van der Waals surface area contributed by atoms with E-state index in [0.717, 1.165) is 24.8 Å². The molecule has 0 saturated carbocycles. The van der Waals surface area contributed by atoms with Crippen molar-refractivity contribution in [3.63, 3.8) is 0 Å². The maximum absolute atomic E-state index is 11.9. The summed E-state index contributed by atoms with van der Waals surface area (Å²) in [6.45, 7) is 3.28. The highest BCUT2D eigenvalue weighted by molar-refractivity contribution is 5.73. The molecule has 0 spiro atoms. The fraction of sp³-hybridized carbons (Fsp3) is 0.533. The number of rotatable bonds is 7. The van der Waals surface area contributed by atoms with Crippen molar-refractivity contribution in [1.82, 2.24) is 5.32 Å². The predicted octanol–water partition coefficient (Wildman–Crippen LogP) is 3.57. The van der Waals surface area contributed by atoms with Gasteiger partial charge in [-0.05, 0) is 37.3 Å². The first-order chi connectivity index (χ1) is 8.63. The Hall–Kier alpha value is -1.38. The summed E-state index contributed by atoms with van der Waals surface area (Å²) in [4.78, 5) is 11.0. The van der Waals surface area contributed by atoms with Crippen molar-refractivity contribution in [2.45, 2.75) is 45.6 Å². The molecule has 1 amide bonds. The minimum Gasteiger partial charge on any atom is -0.350 e. The van der Waals surface area contributed by atoms with E-state index in [1.165, 1.54) is 12.5 Å². The molecule has 0 aliphatic rings. The molecule has 1 aromatic rings. The Balaban J connectivity index is 2.44. The second-order valence-corrected chi connectivity index (χ2v) is 4.66. The van der Waals surface area contributed by atoms with Crippen molar-refractivity contribution < 1.29 is 9.18 Å². The zero-order valence-electron chi connectivity index (χ0n) is 11.2. The van der Waals surface area contributed by atoms with Crippen molar-refractivity contribution in [2.24, 2.45) is 0 Å². The van der Waals surface area contributed by atoms with Gasteiger partial charge in [-0.3, -0.25) is 9.18 Å². The molecule has 0 fully saturated rings. The first-order valence-corrected chi connectivity index (χ1v) is 6.55. The van der Waals surface area contributed by atoms with E-state index in [1.54, 1.807) is 0 Å². The van der Waals surface area contributed by atoms with Crippen LogP contribution in [0.4, 0.5) is 4.39 Å². The van der Waals surface area contributed by atoms with E-state index in [4.69, 9.17) is 0 Å². The molecule has 0 saturated heterocycles. The van der Waals surface area contributed by atoms with Crippen LogP contribution in [0.3, 0.4) is 0 Å². The largest absolute Gasteiger partial charge is 0.350 e. The van der Waals surface area contributed by atoms with Gasteiger partial charge >= 0.3 is 0 Å². The Bertz CT molecular complexity index is 361. The molecule has 0 aliphatic carbocycles. The fourth-order valence-corrected chi connectivity index (χ4v) is 1.96. The van der Waals surface area contributed by atoms with Gasteiger partial charge in [0.25, 0.3) is 0 Å². The number of benzene rings is 1. The molecule has 0 radical (unpaired) electrons. The highest BCUT2D eigenvalue weighted by atomic mass is 19.1. The number of hydrogen-bond acceptors (Lipinski definition) is 1. The quantitative estimate of drug-likeness (QED) is 0.737. The summed E-state index contributed by atoms with van der Waals surface area (Å²) < 4.78 is 11.9. The third-order valence-electron chi connectivity index (χ3n) is 3.00. The van der Waals surface area contributed by atoms with Gasteiger partial charge in [0.15, 0.2) is 0 Å². The second-order valence-electron chi connectivity index (χ2n) is 4.66. The van der Waals surface area contributed by atoms with Gasteiger partial charge in [-0.1, -0.05) is 30.7 Å². The summed E-state index contributed by atoms with van der Waals surface area (Å²) in [6, 6.07) is 8.31. The second kappa shape index (κ2) is 7.85. The highest BCUT2D eigenvalue weighted by Gasteiger charge is 2.05. The van der Waals surface area contributed by atoms with E-state index < -0.39 is 0 Å². The molecule has 3 heteroatoms. The number of halogens is 1. The average Bonchev–Trinajstić information content (AvgIpc) is 2.34. The summed E-state index contributed by atoms with van der Waals surface area (Å²) in [5.74, 6) is -0.0159. The average molecular weight is 251 g/mol. The third-order valence-corrected chi connectivity index (χ3v) is 3.00. The number of nitrogens with one attached hydrogen (secondary N) is 1. The van der Waals surface area contributed by atoms with E-state index in [2.05, 4.69) is 17.4 Å². The number of unbranched alkanes of at least 4 members (excludes halogenated alkanes) is 2. The fourth-order valence-electron chi connectivity index (χ4n) is 1.96. The van der Waals surface area contributed by atoms with Crippen molar-refractivity contribution >= 4 is 5.91 Å². The number of aryl methyl sites for hydroxylation is 1. The predicted molar refractivity (Wildman–Crippen MR) is 72.2 cm³/mol. The normalized spacial score (nSPS) is 12.2. The molecule has 18 heavy (non-hydrogen) atoms. The zero-order chi connectivity index (χ0) is 13.4. The summed E-state index contributed by atoms with van der Waals surface area (Å²) in [7, 11) is 0. The van der Waals surface area contributed by atoms with Gasteiger partial charge in [0.1, 0.15) is 0 Å². The van der Waals surface area contributed by atoms with Crippen LogP contribution in [-0.2, 0) is 11.2 Å². The molecule has 100 valence electrons. The Labute approximate surface area is 109 Å². The molecule has 0 unspecified atom stereocenters. The van der Waals surface area contributed by atoms with Crippen LogP contribution in [0.2, 0.25) is 0 Å². The molecule has 0 heterocycles. The van der Waals surface area contributed by atoms with Crippen LogP contribution in [0.25, 0.3) is 0 Å². The Morgan fingerprint density at radius 2 is 1.89 bits per heavy atom. The third kappa shape index (κ3) is 5.30. The monoisotopic (exact) mass is 251 g/mol. The molecule has 0 aromatic heterocycles. The van der Waals surface area contributed by atoms with Crippen molar-refractivity contribution in [3.05, 3.63) is 35.4 Å². The Morgan fingerprint density at radius 3 is 2.44 bits per heavy atom. The molecule has 0 bridgehead atoms. The molecule has 1 atom stereocenters. The van der Waals surface area contributed by atoms with Gasteiger partial charge in [0, 0.05) is 6.92 Å². The van der Waals surface area contributed by atoms with Crippen molar-refractivity contribution in [1.29, 1.82) is 0 Å². The number of carbonyl (C=O) groups excluding carboxylic acids is 1. The van der Waals surface area contributed by atoms with Crippen molar-refractivity contribution in [2.75, 3.05) is 6.67 Å². The van der Waals surface area contributed by atoms with Gasteiger partial charge < -0.3 is 5.32 Å². The van der Waals surface area contributed by atoms with Crippen LogP contribution in [0.1, 0.15) is 50.3 Å². The molecular weight excluding hydrogens is 229 g/mol. The number of hydrogen-bond donors (Lipinski definition) is 1. The maximum Gasteiger partial charge on any atom is 0.217 e. The number of carbonyl (C=O) groups is 1. The van der Waals surface area contributed by atoms with Gasteiger partial charge in [0.2, 0.25) is 5.91 Å². The summed E-state index contributed by atoms with van der Waals surface area (Å²) >= 11 is 0. The van der Waals surface area contributed by atoms with Gasteiger partial charge in [-0.25, -0.2) is 0 Å². The lowest BCUT2D eigenvalue weighted by Gasteiger charge is -2.13. The molecular formula is C15H22FNO. The number of amides is 1. The van der Waals surface area contributed by atoms with E-state index in [9.17, 15) is 9.18 Å². The van der Waals surface area contributed by atoms with Gasteiger partial charge in [-0.15, -0.1) is 0 Å². The standard InChI is InChI=1S/C15H22FNO/c1-12(17-13(2)18)15-9-7-14(8-10-15)6-4-3-5-11-16/h7-10,12H,3-6,11H2,1-2H3,(H,17,18)/t12-/m1/s1. The lowest BCUT2D eigenvalue weighted by molar-refractivity contribution is -0.119. The molecule has 0 aliphatic heterocycles. The Kier molecular flexibility index (Phi) is 6.40. The minimum absolute atomic E-state index is 0.0159. The zero-order valence-corrected chi connectivity index (χ0v) is 11.2.